The van der Waals surface area contributed by atoms with Gasteiger partial charge in [0.15, 0.2) is 5.78 Å². The summed E-state index contributed by atoms with van der Waals surface area (Å²) in [6.07, 6.45) is 0.471. The predicted octanol–water partition coefficient (Wildman–Crippen LogP) is 1.95. The number of carbonyl (C=O) groups excluding carboxylic acids is 1. The molecule has 88 valence electrons. The van der Waals surface area contributed by atoms with E-state index >= 15 is 0 Å². The van der Waals surface area contributed by atoms with Crippen LogP contribution in [-0.2, 0) is 0 Å². The van der Waals surface area contributed by atoms with E-state index in [-0.39, 0.29) is 12.4 Å². The number of carbonyl (C=O) groups is 1. The summed E-state index contributed by atoms with van der Waals surface area (Å²) in [4.78, 5) is 13.8. The van der Waals surface area contributed by atoms with Crippen molar-refractivity contribution in [2.45, 2.75) is 6.42 Å². The number of Topliss-reactive ketones (excluding diaryl/α,β-unsaturated/α-hetero) is 1. The topological polar surface area (TPSA) is 40.5 Å². The van der Waals surface area contributed by atoms with Crippen LogP contribution < -0.4 is 0 Å². The van der Waals surface area contributed by atoms with E-state index in [2.05, 4.69) is 15.9 Å². The van der Waals surface area contributed by atoms with Crippen molar-refractivity contribution in [1.29, 1.82) is 0 Å². The maximum Gasteiger partial charge on any atom is 0.165 e. The summed E-state index contributed by atoms with van der Waals surface area (Å²) in [5, 5.41) is 8.73. The maximum absolute atomic E-state index is 11.9. The molecular weight excluding hydrogens is 270 g/mol. The van der Waals surface area contributed by atoms with Crippen molar-refractivity contribution >= 4 is 21.7 Å². The van der Waals surface area contributed by atoms with E-state index in [4.69, 9.17) is 5.11 Å². The Hall–Kier alpha value is -0.710. The van der Waals surface area contributed by atoms with Gasteiger partial charge in [-0.3, -0.25) is 4.79 Å². The molecule has 0 radical (unpaired) electrons. The Morgan fingerprint density at radius 2 is 2.06 bits per heavy atom. The van der Waals surface area contributed by atoms with E-state index in [1.54, 1.807) is 0 Å². The van der Waals surface area contributed by atoms with Gasteiger partial charge in [-0.15, -0.1) is 0 Å². The quantitative estimate of drug-likeness (QED) is 0.813. The van der Waals surface area contributed by atoms with E-state index in [1.165, 1.54) is 0 Å². The van der Waals surface area contributed by atoms with Crippen LogP contribution in [0.5, 0.6) is 0 Å². The molecule has 1 N–H and O–H groups in total. The molecule has 0 aliphatic rings. The molecule has 0 aliphatic carbocycles. The van der Waals surface area contributed by atoms with Gasteiger partial charge in [-0.25, -0.2) is 0 Å². The molecule has 1 aromatic rings. The molecule has 4 heteroatoms. The number of nitrogens with zero attached hydrogens (tertiary/aromatic N) is 1. The molecule has 3 nitrogen and oxygen atoms in total. The van der Waals surface area contributed by atoms with Crippen LogP contribution in [-0.4, -0.2) is 42.5 Å². The standard InChI is InChI=1S/C12H16BrNO2/c1-14(8-9-15)7-6-12(16)10-4-2-3-5-11(10)13/h2-5,15H,6-9H2,1H3. The first-order valence-electron chi connectivity index (χ1n) is 5.22. The molecule has 1 rings (SSSR count). The van der Waals surface area contributed by atoms with E-state index < -0.39 is 0 Å². The highest BCUT2D eigenvalue weighted by atomic mass is 79.9. The lowest BCUT2D eigenvalue weighted by Gasteiger charge is -2.14. The highest BCUT2D eigenvalue weighted by Gasteiger charge is 2.09. The van der Waals surface area contributed by atoms with Crippen molar-refractivity contribution in [3.63, 3.8) is 0 Å². The highest BCUT2D eigenvalue weighted by Crippen LogP contribution is 2.17. The second-order valence-corrected chi connectivity index (χ2v) is 4.53. The summed E-state index contributed by atoms with van der Waals surface area (Å²) < 4.78 is 0.838. The van der Waals surface area contributed by atoms with Gasteiger partial charge >= 0.3 is 0 Å². The fourth-order valence-corrected chi connectivity index (χ4v) is 1.90. The molecule has 0 heterocycles. The van der Waals surface area contributed by atoms with Crippen molar-refractivity contribution < 1.29 is 9.90 Å². The number of hydrogen-bond acceptors (Lipinski definition) is 3. The van der Waals surface area contributed by atoms with Crippen LogP contribution in [0.25, 0.3) is 0 Å². The molecule has 0 atom stereocenters. The second kappa shape index (κ2) is 6.78. The van der Waals surface area contributed by atoms with Gasteiger partial charge in [0.25, 0.3) is 0 Å². The number of hydrogen-bond donors (Lipinski definition) is 1. The normalized spacial score (nSPS) is 10.8. The molecule has 0 fully saturated rings. The van der Waals surface area contributed by atoms with Gasteiger partial charge < -0.3 is 10.0 Å². The Morgan fingerprint density at radius 3 is 2.69 bits per heavy atom. The number of ketones is 1. The fourth-order valence-electron chi connectivity index (χ4n) is 1.40. The lowest BCUT2D eigenvalue weighted by Crippen LogP contribution is -2.25. The Morgan fingerprint density at radius 1 is 1.38 bits per heavy atom. The molecule has 0 saturated carbocycles. The maximum atomic E-state index is 11.9. The average molecular weight is 286 g/mol. The molecule has 16 heavy (non-hydrogen) atoms. The lowest BCUT2D eigenvalue weighted by atomic mass is 10.1. The molecule has 0 aliphatic heterocycles. The van der Waals surface area contributed by atoms with Crippen LogP contribution in [0.2, 0.25) is 0 Å². The first-order valence-corrected chi connectivity index (χ1v) is 6.01. The molecule has 0 saturated heterocycles. The zero-order valence-electron chi connectivity index (χ0n) is 9.32. The molecule has 0 unspecified atom stereocenters. The number of aliphatic hydroxyl groups excluding tert-OH is 1. The van der Waals surface area contributed by atoms with Crippen LogP contribution in [0.15, 0.2) is 28.7 Å². The number of likely N-dealkylation sites (N-methyl/N-ethyl adjacent to an activating group) is 1. The van der Waals surface area contributed by atoms with Gasteiger partial charge in [-0.2, -0.15) is 0 Å². The van der Waals surface area contributed by atoms with Gasteiger partial charge in [0.2, 0.25) is 0 Å². The van der Waals surface area contributed by atoms with Crippen molar-refractivity contribution in [3.8, 4) is 0 Å². The Kier molecular flexibility index (Phi) is 5.66. The van der Waals surface area contributed by atoms with Gasteiger partial charge in [0.1, 0.15) is 0 Å². The van der Waals surface area contributed by atoms with Crippen LogP contribution in [0.4, 0.5) is 0 Å². The number of rotatable bonds is 6. The molecule has 0 spiro atoms. The van der Waals surface area contributed by atoms with E-state index in [0.717, 1.165) is 10.0 Å². The third-order valence-electron chi connectivity index (χ3n) is 2.38. The monoisotopic (exact) mass is 285 g/mol. The van der Waals surface area contributed by atoms with Crippen LogP contribution in [0.1, 0.15) is 16.8 Å². The number of benzene rings is 1. The van der Waals surface area contributed by atoms with Gasteiger partial charge in [-0.1, -0.05) is 34.1 Å². The fraction of sp³-hybridized carbons (Fsp3) is 0.417. The lowest BCUT2D eigenvalue weighted by molar-refractivity contribution is 0.0964. The summed E-state index contributed by atoms with van der Waals surface area (Å²) in [6, 6.07) is 7.43. The van der Waals surface area contributed by atoms with Gasteiger partial charge in [-0.05, 0) is 13.1 Å². The van der Waals surface area contributed by atoms with Gasteiger partial charge in [0.05, 0.1) is 6.61 Å². The van der Waals surface area contributed by atoms with Crippen molar-refractivity contribution in [2.24, 2.45) is 0 Å². The first kappa shape index (κ1) is 13.4. The van der Waals surface area contributed by atoms with E-state index in [9.17, 15) is 4.79 Å². The molecule has 1 aromatic carbocycles. The molecule has 0 amide bonds. The van der Waals surface area contributed by atoms with E-state index in [1.807, 2.05) is 36.2 Å². The second-order valence-electron chi connectivity index (χ2n) is 3.68. The van der Waals surface area contributed by atoms with E-state index in [0.29, 0.717) is 19.5 Å². The predicted molar refractivity (Wildman–Crippen MR) is 67.7 cm³/mol. The number of halogens is 1. The molecule has 0 aromatic heterocycles. The zero-order valence-corrected chi connectivity index (χ0v) is 10.9. The summed E-state index contributed by atoms with van der Waals surface area (Å²) in [7, 11) is 1.89. The van der Waals surface area contributed by atoms with Gasteiger partial charge in [0, 0.05) is 29.5 Å². The summed E-state index contributed by atoms with van der Waals surface area (Å²) >= 11 is 3.36. The van der Waals surface area contributed by atoms with Crippen molar-refractivity contribution in [2.75, 3.05) is 26.7 Å². The van der Waals surface area contributed by atoms with Crippen molar-refractivity contribution in [3.05, 3.63) is 34.3 Å². The Labute approximate surface area is 104 Å². The van der Waals surface area contributed by atoms with Crippen molar-refractivity contribution in [1.82, 2.24) is 4.90 Å². The number of aliphatic hydroxyl groups is 1. The summed E-state index contributed by atoms with van der Waals surface area (Å²) in [6.45, 7) is 1.39. The van der Waals surface area contributed by atoms with Crippen LogP contribution >= 0.6 is 15.9 Å². The first-order chi connectivity index (χ1) is 7.65. The Bertz CT molecular complexity index is 355. The molecule has 0 bridgehead atoms. The minimum atomic E-state index is 0.122. The smallest absolute Gasteiger partial charge is 0.165 e. The largest absolute Gasteiger partial charge is 0.395 e. The minimum absolute atomic E-state index is 0.122. The SMILES string of the molecule is CN(CCO)CCC(=O)c1ccccc1Br. The van der Waals surface area contributed by atoms with Crippen LogP contribution in [0, 0.1) is 0 Å². The third-order valence-corrected chi connectivity index (χ3v) is 3.07. The molecular formula is C12H16BrNO2. The minimum Gasteiger partial charge on any atom is -0.395 e. The highest BCUT2D eigenvalue weighted by molar-refractivity contribution is 9.10. The van der Waals surface area contributed by atoms with Crippen LogP contribution in [0.3, 0.4) is 0 Å². The average Bonchev–Trinajstić information content (AvgIpc) is 2.27. The zero-order chi connectivity index (χ0) is 12.0. The third kappa shape index (κ3) is 4.04. The Balaban J connectivity index is 2.50. The summed E-state index contributed by atoms with van der Waals surface area (Å²) in [5.41, 5.74) is 0.722. The summed E-state index contributed by atoms with van der Waals surface area (Å²) in [5.74, 6) is 0.122.